The van der Waals surface area contributed by atoms with Crippen LogP contribution in [0.15, 0.2) is 4.99 Å². The topological polar surface area (TPSA) is 27.6 Å². The monoisotopic (exact) mass is 255 g/mol. The summed E-state index contributed by atoms with van der Waals surface area (Å²) < 4.78 is 0. The summed E-state index contributed by atoms with van der Waals surface area (Å²) in [6.07, 6.45) is 2.76. The molecule has 0 bridgehead atoms. The smallest absolute Gasteiger partial charge is 0.156 e. The SMILES string of the molecule is CC(CNC1=NCC(C)(C)CS1)N(C)C1CC1. The van der Waals surface area contributed by atoms with Gasteiger partial charge in [0.2, 0.25) is 0 Å². The van der Waals surface area contributed by atoms with Crippen LogP contribution in [0.4, 0.5) is 0 Å². The Bertz CT molecular complexity index is 297. The Balaban J connectivity index is 1.73. The Morgan fingerprint density at radius 3 is 2.76 bits per heavy atom. The van der Waals surface area contributed by atoms with Crippen LogP contribution in [0.1, 0.15) is 33.6 Å². The molecule has 98 valence electrons. The molecule has 2 aliphatic rings. The van der Waals surface area contributed by atoms with Crippen molar-refractivity contribution in [2.45, 2.75) is 45.7 Å². The molecule has 1 fully saturated rings. The standard InChI is InChI=1S/C13H25N3S/c1-10(16(4)11-5-6-11)7-14-12-15-8-13(2,3)9-17-12/h10-11H,5-9H2,1-4H3,(H,14,15). The second kappa shape index (κ2) is 5.19. The zero-order valence-corrected chi connectivity index (χ0v) is 12.3. The van der Waals surface area contributed by atoms with E-state index >= 15 is 0 Å². The summed E-state index contributed by atoms with van der Waals surface area (Å²) in [4.78, 5) is 7.12. The molecule has 1 atom stereocenters. The number of hydrogen-bond donors (Lipinski definition) is 1. The van der Waals surface area contributed by atoms with Gasteiger partial charge in [-0.2, -0.15) is 0 Å². The highest BCUT2D eigenvalue weighted by Gasteiger charge is 2.29. The fraction of sp³-hybridized carbons (Fsp3) is 0.923. The molecule has 4 heteroatoms. The van der Waals surface area contributed by atoms with E-state index in [2.05, 4.69) is 43.0 Å². The van der Waals surface area contributed by atoms with Gasteiger partial charge < -0.3 is 5.32 Å². The zero-order chi connectivity index (χ0) is 12.5. The van der Waals surface area contributed by atoms with E-state index in [4.69, 9.17) is 0 Å². The molecule has 0 radical (unpaired) electrons. The number of rotatable bonds is 4. The van der Waals surface area contributed by atoms with E-state index in [1.165, 1.54) is 18.6 Å². The van der Waals surface area contributed by atoms with Crippen LogP contribution >= 0.6 is 11.8 Å². The van der Waals surface area contributed by atoms with Crippen molar-refractivity contribution in [1.82, 2.24) is 10.2 Å². The first-order valence-corrected chi connectivity index (χ1v) is 7.59. The normalized spacial score (nSPS) is 25.6. The van der Waals surface area contributed by atoms with Gasteiger partial charge in [0.25, 0.3) is 0 Å². The number of amidine groups is 1. The summed E-state index contributed by atoms with van der Waals surface area (Å²) in [5.41, 5.74) is 0.367. The number of nitrogens with one attached hydrogen (secondary N) is 1. The molecule has 17 heavy (non-hydrogen) atoms. The van der Waals surface area contributed by atoms with Crippen molar-refractivity contribution in [2.24, 2.45) is 10.4 Å². The van der Waals surface area contributed by atoms with Crippen molar-refractivity contribution in [1.29, 1.82) is 0 Å². The van der Waals surface area contributed by atoms with E-state index in [0.29, 0.717) is 11.5 Å². The molecule has 2 rings (SSSR count). The molecule has 0 spiro atoms. The Kier molecular flexibility index (Phi) is 4.03. The van der Waals surface area contributed by atoms with Gasteiger partial charge in [0.1, 0.15) is 0 Å². The van der Waals surface area contributed by atoms with Crippen LogP contribution in [-0.2, 0) is 0 Å². The summed E-state index contributed by atoms with van der Waals surface area (Å²) in [5, 5.41) is 4.63. The molecule has 3 nitrogen and oxygen atoms in total. The minimum Gasteiger partial charge on any atom is -0.363 e. The largest absolute Gasteiger partial charge is 0.363 e. The van der Waals surface area contributed by atoms with Gasteiger partial charge in [-0.3, -0.25) is 9.89 Å². The predicted octanol–water partition coefficient (Wildman–Crippen LogP) is 2.19. The van der Waals surface area contributed by atoms with Crippen molar-refractivity contribution in [3.63, 3.8) is 0 Å². The average molecular weight is 255 g/mol. The molecular weight excluding hydrogens is 230 g/mol. The Morgan fingerprint density at radius 1 is 1.53 bits per heavy atom. The Hall–Kier alpha value is -0.220. The highest BCUT2D eigenvalue weighted by Crippen LogP contribution is 2.28. The zero-order valence-electron chi connectivity index (χ0n) is 11.5. The first kappa shape index (κ1) is 13.2. The maximum absolute atomic E-state index is 4.62. The third-order valence-corrected chi connectivity index (χ3v) is 5.09. The molecule has 0 aromatic heterocycles. The molecule has 1 N–H and O–H groups in total. The summed E-state index contributed by atoms with van der Waals surface area (Å²) in [5.74, 6) is 1.17. The lowest BCUT2D eigenvalue weighted by Gasteiger charge is -2.29. The minimum atomic E-state index is 0.367. The molecule has 0 amide bonds. The molecule has 1 saturated carbocycles. The highest BCUT2D eigenvalue weighted by molar-refractivity contribution is 8.13. The molecule has 1 aliphatic heterocycles. The van der Waals surface area contributed by atoms with E-state index in [1.807, 2.05) is 11.8 Å². The quantitative estimate of drug-likeness (QED) is 0.834. The molecule has 1 aliphatic carbocycles. The molecular formula is C13H25N3S. The first-order chi connectivity index (χ1) is 7.98. The van der Waals surface area contributed by atoms with Gasteiger partial charge in [0.15, 0.2) is 5.17 Å². The number of aliphatic imine (C=N–C) groups is 1. The number of thioether (sulfide) groups is 1. The van der Waals surface area contributed by atoms with E-state index in [0.717, 1.165) is 24.3 Å². The second-order valence-electron chi connectivity index (χ2n) is 6.20. The lowest BCUT2D eigenvalue weighted by atomic mass is 9.97. The number of hydrogen-bond acceptors (Lipinski definition) is 4. The van der Waals surface area contributed by atoms with Gasteiger partial charge in [0.05, 0.1) is 0 Å². The van der Waals surface area contributed by atoms with Crippen LogP contribution in [0.5, 0.6) is 0 Å². The van der Waals surface area contributed by atoms with Gasteiger partial charge in [0, 0.05) is 30.9 Å². The third-order valence-electron chi connectivity index (χ3n) is 3.62. The third kappa shape index (κ3) is 3.88. The molecule has 0 saturated heterocycles. The van der Waals surface area contributed by atoms with Crippen LogP contribution in [-0.4, -0.2) is 48.0 Å². The van der Waals surface area contributed by atoms with Crippen molar-refractivity contribution in [2.75, 3.05) is 25.9 Å². The number of nitrogens with zero attached hydrogens (tertiary/aromatic N) is 2. The number of likely N-dealkylation sites (N-methyl/N-ethyl adjacent to an activating group) is 1. The van der Waals surface area contributed by atoms with Gasteiger partial charge >= 0.3 is 0 Å². The van der Waals surface area contributed by atoms with Gasteiger partial charge in [-0.1, -0.05) is 25.6 Å². The fourth-order valence-corrected chi connectivity index (χ4v) is 2.93. The van der Waals surface area contributed by atoms with Crippen LogP contribution in [0.25, 0.3) is 0 Å². The Labute approximate surface area is 109 Å². The van der Waals surface area contributed by atoms with E-state index in [-0.39, 0.29) is 0 Å². The summed E-state index contributed by atoms with van der Waals surface area (Å²) in [7, 11) is 2.24. The maximum atomic E-state index is 4.62. The van der Waals surface area contributed by atoms with Crippen molar-refractivity contribution < 1.29 is 0 Å². The van der Waals surface area contributed by atoms with Crippen LogP contribution < -0.4 is 5.32 Å². The Morgan fingerprint density at radius 2 is 2.24 bits per heavy atom. The summed E-state index contributed by atoms with van der Waals surface area (Å²) in [6, 6.07) is 1.44. The van der Waals surface area contributed by atoms with Crippen molar-refractivity contribution in [3.8, 4) is 0 Å². The summed E-state index contributed by atoms with van der Waals surface area (Å²) >= 11 is 1.87. The summed E-state index contributed by atoms with van der Waals surface area (Å²) in [6.45, 7) is 8.82. The van der Waals surface area contributed by atoms with Gasteiger partial charge in [-0.15, -0.1) is 0 Å². The van der Waals surface area contributed by atoms with Gasteiger partial charge in [-0.05, 0) is 32.2 Å². The minimum absolute atomic E-state index is 0.367. The predicted molar refractivity (Wildman–Crippen MR) is 76.8 cm³/mol. The van der Waals surface area contributed by atoms with Crippen LogP contribution in [0.3, 0.4) is 0 Å². The van der Waals surface area contributed by atoms with Crippen molar-refractivity contribution >= 4 is 16.9 Å². The van der Waals surface area contributed by atoms with Crippen LogP contribution in [0.2, 0.25) is 0 Å². The lowest BCUT2D eigenvalue weighted by molar-refractivity contribution is 0.248. The fourth-order valence-electron chi connectivity index (χ4n) is 1.97. The highest BCUT2D eigenvalue weighted by atomic mass is 32.2. The van der Waals surface area contributed by atoms with E-state index in [9.17, 15) is 0 Å². The molecule has 1 unspecified atom stereocenters. The van der Waals surface area contributed by atoms with E-state index < -0.39 is 0 Å². The van der Waals surface area contributed by atoms with Gasteiger partial charge in [-0.25, -0.2) is 0 Å². The second-order valence-corrected chi connectivity index (χ2v) is 7.16. The van der Waals surface area contributed by atoms with Crippen LogP contribution in [0, 0.1) is 5.41 Å². The van der Waals surface area contributed by atoms with Crippen molar-refractivity contribution in [3.05, 3.63) is 0 Å². The first-order valence-electron chi connectivity index (χ1n) is 6.61. The average Bonchev–Trinajstić information content (AvgIpc) is 3.10. The lowest BCUT2D eigenvalue weighted by Crippen LogP contribution is -2.41. The maximum Gasteiger partial charge on any atom is 0.156 e. The molecule has 0 aromatic rings. The molecule has 0 aromatic carbocycles. The molecule has 1 heterocycles. The van der Waals surface area contributed by atoms with E-state index in [1.54, 1.807) is 0 Å².